The van der Waals surface area contributed by atoms with Crippen LogP contribution in [0.2, 0.25) is 0 Å². The summed E-state index contributed by atoms with van der Waals surface area (Å²) in [4.78, 5) is 15.8. The quantitative estimate of drug-likeness (QED) is 0.174. The minimum atomic E-state index is 0.357. The molecule has 1 atom stereocenters. The molecule has 2 aliphatic carbocycles. The van der Waals surface area contributed by atoms with Crippen LogP contribution in [0.3, 0.4) is 0 Å². The van der Waals surface area contributed by atoms with Gasteiger partial charge in [-0.2, -0.15) is 0 Å². The van der Waals surface area contributed by atoms with Gasteiger partial charge in [0.1, 0.15) is 0 Å². The third kappa shape index (κ3) is 5.63. The van der Waals surface area contributed by atoms with Crippen LogP contribution in [0.1, 0.15) is 11.3 Å². The van der Waals surface area contributed by atoms with Gasteiger partial charge in [0.15, 0.2) is 17.5 Å². The van der Waals surface area contributed by atoms with E-state index in [1.807, 2.05) is 18.2 Å². The predicted molar refractivity (Wildman–Crippen MR) is 260 cm³/mol. The lowest BCUT2D eigenvalue weighted by Gasteiger charge is -2.24. The Morgan fingerprint density at radius 3 is 2.08 bits per heavy atom. The Morgan fingerprint density at radius 1 is 0.500 bits per heavy atom. The van der Waals surface area contributed by atoms with E-state index in [9.17, 15) is 0 Å². The lowest BCUT2D eigenvalue weighted by Crippen LogP contribution is -2.12. The first-order valence-corrected chi connectivity index (χ1v) is 22.0. The first-order valence-electron chi connectivity index (χ1n) is 21.2. The molecule has 11 aromatic rings. The average Bonchev–Trinajstić information content (AvgIpc) is 3.87. The molecule has 0 radical (unpaired) electrons. The highest BCUT2D eigenvalue weighted by atomic mass is 32.1. The fourth-order valence-electron chi connectivity index (χ4n) is 9.76. The first kappa shape index (κ1) is 35.1. The van der Waals surface area contributed by atoms with Crippen LogP contribution in [-0.4, -0.2) is 19.5 Å². The lowest BCUT2D eigenvalue weighted by atomic mass is 9.83. The molecule has 3 heterocycles. The second kappa shape index (κ2) is 13.9. The molecule has 4 nitrogen and oxygen atoms in total. The van der Waals surface area contributed by atoms with Gasteiger partial charge in [0.25, 0.3) is 0 Å². The van der Waals surface area contributed by atoms with Crippen LogP contribution in [0.15, 0.2) is 200 Å². The van der Waals surface area contributed by atoms with E-state index in [1.54, 1.807) is 11.3 Å². The Hall–Kier alpha value is -7.73. The van der Waals surface area contributed by atoms with Crippen LogP contribution in [0.5, 0.6) is 0 Å². The van der Waals surface area contributed by atoms with Crippen molar-refractivity contribution in [2.24, 2.45) is 5.92 Å². The maximum absolute atomic E-state index is 5.36. The van der Waals surface area contributed by atoms with Crippen LogP contribution in [0.4, 0.5) is 0 Å². The summed E-state index contributed by atoms with van der Waals surface area (Å²) in [5.41, 5.74) is 11.4. The highest BCUT2D eigenvalue weighted by Gasteiger charge is 2.28. The van der Waals surface area contributed by atoms with Gasteiger partial charge in [-0.05, 0) is 99.3 Å². The molecule has 62 heavy (non-hydrogen) atoms. The van der Waals surface area contributed by atoms with Crippen molar-refractivity contribution in [3.63, 3.8) is 0 Å². The van der Waals surface area contributed by atoms with Crippen molar-refractivity contribution in [3.8, 4) is 51.0 Å². The van der Waals surface area contributed by atoms with Crippen molar-refractivity contribution in [2.75, 3.05) is 0 Å². The van der Waals surface area contributed by atoms with E-state index >= 15 is 0 Å². The molecule has 8 aromatic carbocycles. The highest BCUT2D eigenvalue weighted by molar-refractivity contribution is 7.25. The van der Waals surface area contributed by atoms with Crippen molar-refractivity contribution in [1.29, 1.82) is 0 Å². The van der Waals surface area contributed by atoms with Gasteiger partial charge in [0.2, 0.25) is 0 Å². The van der Waals surface area contributed by atoms with E-state index in [1.165, 1.54) is 69.5 Å². The fraction of sp³-hybridized carbons (Fsp3) is 0.0351. The van der Waals surface area contributed by atoms with Crippen molar-refractivity contribution in [2.45, 2.75) is 6.42 Å². The SMILES string of the molecule is C1=CC2=Cc3c(c4cc5ccccc5cc4n3-c3ccc(-c4nc(-c5ccccc5)nc(-c5cccc6sc7ccccc7c56)n4)cc3-c3ccc4ccccc4c3)CC2C=C1. The van der Waals surface area contributed by atoms with E-state index in [0.29, 0.717) is 23.4 Å². The zero-order valence-corrected chi connectivity index (χ0v) is 34.4. The number of benzene rings is 8. The zero-order chi connectivity index (χ0) is 40.7. The minimum absolute atomic E-state index is 0.357. The summed E-state index contributed by atoms with van der Waals surface area (Å²) in [5.74, 6) is 2.29. The van der Waals surface area contributed by atoms with Crippen LogP contribution >= 0.6 is 11.3 Å². The number of thiophene rings is 1. The molecule has 0 aliphatic heterocycles. The van der Waals surface area contributed by atoms with Gasteiger partial charge < -0.3 is 4.57 Å². The second-order valence-electron chi connectivity index (χ2n) is 16.4. The molecule has 0 saturated heterocycles. The summed E-state index contributed by atoms with van der Waals surface area (Å²) in [6, 6.07) is 61.1. The van der Waals surface area contributed by atoms with Gasteiger partial charge in [-0.15, -0.1) is 11.3 Å². The average molecular weight is 809 g/mol. The first-order chi connectivity index (χ1) is 30.7. The largest absolute Gasteiger partial charge is 0.309 e. The Morgan fingerprint density at radius 2 is 1.21 bits per heavy atom. The lowest BCUT2D eigenvalue weighted by molar-refractivity contribution is 0.758. The molecule has 0 fully saturated rings. The Bertz CT molecular complexity index is 3740. The molecule has 2 aliphatic rings. The van der Waals surface area contributed by atoms with Gasteiger partial charge >= 0.3 is 0 Å². The number of hydrogen-bond acceptors (Lipinski definition) is 4. The topological polar surface area (TPSA) is 43.6 Å². The summed E-state index contributed by atoms with van der Waals surface area (Å²) >= 11 is 1.80. The number of fused-ring (bicyclic) bond motifs is 9. The molecule has 0 saturated carbocycles. The smallest absolute Gasteiger partial charge is 0.164 e. The van der Waals surface area contributed by atoms with Crippen LogP contribution in [0.25, 0.3) is 110 Å². The molecular formula is C57H36N4S. The Balaban J connectivity index is 1.08. The molecule has 1 unspecified atom stereocenters. The molecule has 13 rings (SSSR count). The molecule has 0 amide bonds. The Kier molecular flexibility index (Phi) is 7.87. The highest BCUT2D eigenvalue weighted by Crippen LogP contribution is 2.44. The van der Waals surface area contributed by atoms with Crippen molar-refractivity contribution in [3.05, 3.63) is 211 Å². The number of aromatic nitrogens is 4. The van der Waals surface area contributed by atoms with Gasteiger partial charge in [-0.25, -0.2) is 15.0 Å². The van der Waals surface area contributed by atoms with E-state index in [2.05, 4.69) is 187 Å². The summed E-state index contributed by atoms with van der Waals surface area (Å²) < 4.78 is 4.97. The van der Waals surface area contributed by atoms with E-state index < -0.39 is 0 Å². The third-order valence-corrected chi connectivity index (χ3v) is 13.9. The summed E-state index contributed by atoms with van der Waals surface area (Å²) in [6.07, 6.45) is 12.4. The van der Waals surface area contributed by atoms with Crippen LogP contribution < -0.4 is 0 Å². The van der Waals surface area contributed by atoms with E-state index in [4.69, 9.17) is 15.0 Å². The summed E-state index contributed by atoms with van der Waals surface area (Å²) in [5, 5.41) is 8.57. The molecule has 3 aromatic heterocycles. The number of allylic oxidation sites excluding steroid dienone is 5. The van der Waals surface area contributed by atoms with Crippen molar-refractivity contribution < 1.29 is 0 Å². The third-order valence-electron chi connectivity index (χ3n) is 12.7. The van der Waals surface area contributed by atoms with Gasteiger partial charge in [0.05, 0.1) is 16.9 Å². The van der Waals surface area contributed by atoms with Crippen molar-refractivity contribution >= 4 is 70.0 Å². The van der Waals surface area contributed by atoms with Crippen LogP contribution in [-0.2, 0) is 6.42 Å². The minimum Gasteiger partial charge on any atom is -0.309 e. The fourth-order valence-corrected chi connectivity index (χ4v) is 10.9. The van der Waals surface area contributed by atoms with E-state index in [0.717, 1.165) is 39.9 Å². The van der Waals surface area contributed by atoms with Gasteiger partial charge in [-0.3, -0.25) is 0 Å². The maximum atomic E-state index is 5.36. The number of hydrogen-bond donors (Lipinski definition) is 0. The van der Waals surface area contributed by atoms with Gasteiger partial charge in [-0.1, -0.05) is 146 Å². The molecule has 290 valence electrons. The molecule has 5 heteroatoms. The molecule has 0 N–H and O–H groups in total. The monoisotopic (exact) mass is 808 g/mol. The van der Waals surface area contributed by atoms with Crippen LogP contribution in [0, 0.1) is 5.92 Å². The molecule has 0 bridgehead atoms. The molecular weight excluding hydrogens is 773 g/mol. The second-order valence-corrected chi connectivity index (χ2v) is 17.4. The molecule has 0 spiro atoms. The predicted octanol–water partition coefficient (Wildman–Crippen LogP) is 14.8. The zero-order valence-electron chi connectivity index (χ0n) is 33.5. The standard InChI is InChI=1S/C57H36N4S/c1-2-14-36(15-3-1)55-58-56(60-57(59-55)45-22-12-24-53-54(45)44-21-10-11-23-52(44)62-53)43-27-28-49(46(32-43)42-26-25-35-13-4-5-16-37(35)29-42)61-50-33-40-19-8-6-17-38(40)30-47(50)48-31-39-18-7-9-20-41(39)34-51(48)61/h1-30,32-34,39H,31H2. The van der Waals surface area contributed by atoms with Crippen molar-refractivity contribution in [1.82, 2.24) is 19.5 Å². The summed E-state index contributed by atoms with van der Waals surface area (Å²) in [7, 11) is 0. The summed E-state index contributed by atoms with van der Waals surface area (Å²) in [6.45, 7) is 0. The number of nitrogens with zero attached hydrogens (tertiary/aromatic N) is 4. The maximum Gasteiger partial charge on any atom is 0.164 e. The Labute approximate surface area is 362 Å². The number of rotatable bonds is 5. The van der Waals surface area contributed by atoms with E-state index in [-0.39, 0.29) is 0 Å². The normalized spacial score (nSPS) is 14.5. The van der Waals surface area contributed by atoms with Gasteiger partial charge in [0, 0.05) is 53.7 Å².